The van der Waals surface area contributed by atoms with E-state index in [-0.39, 0.29) is 11.8 Å². The Hall–Kier alpha value is -2.18. The molecule has 1 atom stereocenters. The van der Waals surface area contributed by atoms with Gasteiger partial charge in [-0.15, -0.1) is 0 Å². The average Bonchev–Trinajstić information content (AvgIpc) is 3.27. The summed E-state index contributed by atoms with van der Waals surface area (Å²) in [4.78, 5) is 22.9. The molecule has 0 aromatic carbocycles. The van der Waals surface area contributed by atoms with Gasteiger partial charge < -0.3 is 14.0 Å². The SMILES string of the molecule is CC(C)c1noc(CCCC(=O)N2CCC[C@H](n3ccnc3)C2)n1. The van der Waals surface area contributed by atoms with Crippen molar-refractivity contribution >= 4 is 5.91 Å². The second kappa shape index (κ2) is 7.59. The highest BCUT2D eigenvalue weighted by Crippen LogP contribution is 2.22. The largest absolute Gasteiger partial charge is 0.341 e. The summed E-state index contributed by atoms with van der Waals surface area (Å²) >= 11 is 0. The maximum absolute atomic E-state index is 12.5. The molecule has 2 aromatic heterocycles. The van der Waals surface area contributed by atoms with E-state index in [1.165, 1.54) is 0 Å². The van der Waals surface area contributed by atoms with E-state index in [0.717, 1.165) is 38.2 Å². The van der Waals surface area contributed by atoms with Gasteiger partial charge in [-0.1, -0.05) is 19.0 Å². The van der Waals surface area contributed by atoms with Crippen LogP contribution >= 0.6 is 0 Å². The average molecular weight is 331 g/mol. The van der Waals surface area contributed by atoms with Crippen LogP contribution in [-0.2, 0) is 11.2 Å². The minimum Gasteiger partial charge on any atom is -0.341 e. The van der Waals surface area contributed by atoms with Gasteiger partial charge in [-0.3, -0.25) is 4.79 Å². The molecule has 1 saturated heterocycles. The van der Waals surface area contributed by atoms with Gasteiger partial charge in [0.1, 0.15) is 0 Å². The number of nitrogens with zero attached hydrogens (tertiary/aromatic N) is 5. The normalized spacial score (nSPS) is 18.3. The van der Waals surface area contributed by atoms with Gasteiger partial charge in [0.2, 0.25) is 11.8 Å². The van der Waals surface area contributed by atoms with Crippen LogP contribution in [0, 0.1) is 0 Å². The van der Waals surface area contributed by atoms with Gasteiger partial charge in [0, 0.05) is 44.2 Å². The van der Waals surface area contributed by atoms with Gasteiger partial charge in [0.25, 0.3) is 0 Å². The van der Waals surface area contributed by atoms with E-state index in [1.54, 1.807) is 6.20 Å². The van der Waals surface area contributed by atoms with E-state index in [2.05, 4.69) is 19.7 Å². The maximum atomic E-state index is 12.5. The molecule has 7 heteroatoms. The Labute approximate surface area is 142 Å². The standard InChI is InChI=1S/C17H25N5O2/c1-13(2)17-19-15(24-20-17)6-3-7-16(23)21-9-4-5-14(11-21)22-10-8-18-12-22/h8,10,12-14H,3-7,9,11H2,1-2H3/t14-/m0/s1. The number of carbonyl (C=O) groups is 1. The third kappa shape index (κ3) is 4.01. The van der Waals surface area contributed by atoms with Gasteiger partial charge in [0.15, 0.2) is 5.82 Å². The molecule has 0 saturated carbocycles. The number of rotatable bonds is 6. The van der Waals surface area contributed by atoms with Crippen LogP contribution in [0.1, 0.15) is 63.2 Å². The zero-order valence-electron chi connectivity index (χ0n) is 14.4. The van der Waals surface area contributed by atoms with E-state index in [4.69, 9.17) is 4.52 Å². The Kier molecular flexibility index (Phi) is 5.27. The summed E-state index contributed by atoms with van der Waals surface area (Å²) in [6.45, 7) is 5.69. The number of imidazole rings is 1. The molecule has 0 unspecified atom stereocenters. The first-order valence-corrected chi connectivity index (χ1v) is 8.71. The van der Waals surface area contributed by atoms with Crippen molar-refractivity contribution in [3.05, 3.63) is 30.4 Å². The quantitative estimate of drug-likeness (QED) is 0.813. The molecule has 2 aromatic rings. The molecule has 0 aliphatic carbocycles. The Balaban J connectivity index is 1.46. The molecular formula is C17H25N5O2. The number of piperidine rings is 1. The molecule has 1 fully saturated rings. The zero-order valence-corrected chi connectivity index (χ0v) is 14.4. The lowest BCUT2D eigenvalue weighted by molar-refractivity contribution is -0.132. The van der Waals surface area contributed by atoms with Crippen molar-refractivity contribution < 1.29 is 9.32 Å². The van der Waals surface area contributed by atoms with Crippen LogP contribution in [0.2, 0.25) is 0 Å². The molecule has 3 rings (SSSR count). The van der Waals surface area contributed by atoms with Gasteiger partial charge >= 0.3 is 0 Å². The monoisotopic (exact) mass is 331 g/mol. The van der Waals surface area contributed by atoms with E-state index in [9.17, 15) is 4.79 Å². The molecule has 1 aliphatic heterocycles. The third-order valence-corrected chi connectivity index (χ3v) is 4.48. The van der Waals surface area contributed by atoms with Gasteiger partial charge in [-0.05, 0) is 19.3 Å². The van der Waals surface area contributed by atoms with Crippen LogP contribution in [-0.4, -0.2) is 43.6 Å². The number of hydrogen-bond acceptors (Lipinski definition) is 5. The van der Waals surface area contributed by atoms with Crippen LogP contribution in [0.25, 0.3) is 0 Å². The highest BCUT2D eigenvalue weighted by Gasteiger charge is 2.24. The van der Waals surface area contributed by atoms with Crippen LogP contribution < -0.4 is 0 Å². The Morgan fingerprint density at radius 2 is 2.33 bits per heavy atom. The van der Waals surface area contributed by atoms with Gasteiger partial charge in [0.05, 0.1) is 12.4 Å². The highest BCUT2D eigenvalue weighted by molar-refractivity contribution is 5.76. The fourth-order valence-corrected chi connectivity index (χ4v) is 3.06. The summed E-state index contributed by atoms with van der Waals surface area (Å²) in [7, 11) is 0. The Morgan fingerprint density at radius 3 is 3.04 bits per heavy atom. The predicted octanol–water partition coefficient (Wildman–Crippen LogP) is 2.58. The minimum atomic E-state index is 0.211. The molecule has 0 spiro atoms. The van der Waals surface area contributed by atoms with Gasteiger partial charge in [-0.2, -0.15) is 4.98 Å². The van der Waals surface area contributed by atoms with Crippen molar-refractivity contribution in [3.8, 4) is 0 Å². The first kappa shape index (κ1) is 16.7. The van der Waals surface area contributed by atoms with Crippen molar-refractivity contribution in [3.63, 3.8) is 0 Å². The Morgan fingerprint density at radius 1 is 1.46 bits per heavy atom. The van der Waals surface area contributed by atoms with Crippen LogP contribution in [0.15, 0.2) is 23.2 Å². The van der Waals surface area contributed by atoms with E-state index in [0.29, 0.717) is 24.8 Å². The minimum absolute atomic E-state index is 0.211. The second-order valence-corrected chi connectivity index (χ2v) is 6.70. The van der Waals surface area contributed by atoms with Crippen LogP contribution in [0.3, 0.4) is 0 Å². The molecule has 7 nitrogen and oxygen atoms in total. The van der Waals surface area contributed by atoms with Crippen molar-refractivity contribution in [2.45, 2.75) is 57.9 Å². The number of likely N-dealkylation sites (tertiary alicyclic amines) is 1. The topological polar surface area (TPSA) is 77.0 Å². The molecule has 3 heterocycles. The highest BCUT2D eigenvalue weighted by atomic mass is 16.5. The zero-order chi connectivity index (χ0) is 16.9. The molecular weight excluding hydrogens is 306 g/mol. The van der Waals surface area contributed by atoms with Crippen molar-refractivity contribution in [2.24, 2.45) is 0 Å². The first-order valence-electron chi connectivity index (χ1n) is 8.71. The summed E-state index contributed by atoms with van der Waals surface area (Å²) < 4.78 is 7.33. The molecule has 1 amide bonds. The van der Waals surface area contributed by atoms with Crippen LogP contribution in [0.4, 0.5) is 0 Å². The number of hydrogen-bond donors (Lipinski definition) is 0. The van der Waals surface area contributed by atoms with Crippen LogP contribution in [0.5, 0.6) is 0 Å². The molecule has 0 bridgehead atoms. The number of aryl methyl sites for hydroxylation is 1. The number of aromatic nitrogens is 4. The maximum Gasteiger partial charge on any atom is 0.226 e. The predicted molar refractivity (Wildman–Crippen MR) is 88.4 cm³/mol. The fraction of sp³-hybridized carbons (Fsp3) is 0.647. The summed E-state index contributed by atoms with van der Waals surface area (Å²) in [6.07, 6.45) is 9.65. The third-order valence-electron chi connectivity index (χ3n) is 4.48. The fourth-order valence-electron chi connectivity index (χ4n) is 3.06. The van der Waals surface area contributed by atoms with E-state index < -0.39 is 0 Å². The lowest BCUT2D eigenvalue weighted by Crippen LogP contribution is -2.40. The van der Waals surface area contributed by atoms with Crippen molar-refractivity contribution in [1.82, 2.24) is 24.6 Å². The summed E-state index contributed by atoms with van der Waals surface area (Å²) in [5.74, 6) is 1.83. The van der Waals surface area contributed by atoms with E-state index in [1.807, 2.05) is 31.3 Å². The van der Waals surface area contributed by atoms with Gasteiger partial charge in [-0.25, -0.2) is 4.98 Å². The summed E-state index contributed by atoms with van der Waals surface area (Å²) in [6, 6.07) is 0.342. The lowest BCUT2D eigenvalue weighted by atomic mass is 10.0. The van der Waals surface area contributed by atoms with Crippen molar-refractivity contribution in [1.29, 1.82) is 0 Å². The molecule has 0 N–H and O–H groups in total. The number of amides is 1. The molecule has 0 radical (unpaired) electrons. The lowest BCUT2D eigenvalue weighted by Gasteiger charge is -2.33. The molecule has 24 heavy (non-hydrogen) atoms. The molecule has 130 valence electrons. The molecule has 1 aliphatic rings. The van der Waals surface area contributed by atoms with E-state index >= 15 is 0 Å². The summed E-state index contributed by atoms with van der Waals surface area (Å²) in [5.41, 5.74) is 0. The first-order chi connectivity index (χ1) is 11.6. The smallest absolute Gasteiger partial charge is 0.226 e. The second-order valence-electron chi connectivity index (χ2n) is 6.70. The Bertz CT molecular complexity index is 650. The number of carbonyl (C=O) groups excluding carboxylic acids is 1. The van der Waals surface area contributed by atoms with Crippen molar-refractivity contribution in [2.75, 3.05) is 13.1 Å². The summed E-state index contributed by atoms with van der Waals surface area (Å²) in [5, 5.41) is 3.95.